The molecular formula is C23H28FN5O2. The van der Waals surface area contributed by atoms with Gasteiger partial charge in [-0.2, -0.15) is 0 Å². The summed E-state index contributed by atoms with van der Waals surface area (Å²) in [5.41, 5.74) is 8.51. The molecule has 31 heavy (non-hydrogen) atoms. The van der Waals surface area contributed by atoms with E-state index < -0.39 is 11.9 Å². The van der Waals surface area contributed by atoms with Crippen LogP contribution in [0.4, 0.5) is 4.39 Å². The normalized spacial score (nSPS) is 16.0. The Bertz CT molecular complexity index is 1060. The molecule has 164 valence electrons. The molecule has 1 saturated heterocycles. The first-order valence-electron chi connectivity index (χ1n) is 10.7. The summed E-state index contributed by atoms with van der Waals surface area (Å²) in [4.78, 5) is 21.9. The van der Waals surface area contributed by atoms with Crippen molar-refractivity contribution in [2.45, 2.75) is 32.2 Å². The molecule has 3 heterocycles. The van der Waals surface area contributed by atoms with Crippen molar-refractivity contribution in [2.24, 2.45) is 5.73 Å². The smallest absolute Gasteiger partial charge is 0.239 e. The van der Waals surface area contributed by atoms with Crippen LogP contribution < -0.4 is 15.8 Å². The number of rotatable bonds is 5. The number of halogens is 1. The van der Waals surface area contributed by atoms with Crippen molar-refractivity contribution in [2.75, 3.05) is 26.2 Å². The van der Waals surface area contributed by atoms with E-state index in [1.807, 2.05) is 18.0 Å². The van der Waals surface area contributed by atoms with Crippen LogP contribution in [0.3, 0.4) is 0 Å². The average molecular weight is 426 g/mol. The fraction of sp³-hybridized carbons (Fsp3) is 0.391. The van der Waals surface area contributed by atoms with Gasteiger partial charge in [0.15, 0.2) is 11.6 Å². The number of nitrogens with zero attached hydrogens (tertiary/aromatic N) is 2. The highest BCUT2D eigenvalue weighted by Gasteiger charge is 2.22. The molecule has 4 rings (SSSR count). The van der Waals surface area contributed by atoms with Gasteiger partial charge < -0.3 is 25.7 Å². The van der Waals surface area contributed by atoms with Crippen molar-refractivity contribution >= 4 is 16.9 Å². The number of aromatic nitrogens is 2. The Hall–Kier alpha value is -2.97. The second-order valence-corrected chi connectivity index (χ2v) is 7.96. The molecule has 4 N–H and O–H groups in total. The second kappa shape index (κ2) is 9.45. The largest absolute Gasteiger partial charge is 0.453 e. The molecule has 1 amide bonds. The lowest BCUT2D eigenvalue weighted by atomic mass is 10.0. The van der Waals surface area contributed by atoms with Gasteiger partial charge >= 0.3 is 0 Å². The lowest BCUT2D eigenvalue weighted by Gasteiger charge is -2.27. The van der Waals surface area contributed by atoms with Gasteiger partial charge in [-0.15, -0.1) is 0 Å². The molecular weight excluding hydrogens is 397 g/mol. The van der Waals surface area contributed by atoms with E-state index in [0.717, 1.165) is 36.9 Å². The van der Waals surface area contributed by atoms with Crippen LogP contribution in [0.15, 0.2) is 36.7 Å². The number of nitrogens with two attached hydrogens (primary N) is 1. The zero-order valence-corrected chi connectivity index (χ0v) is 17.7. The number of nitrogens with one attached hydrogen (secondary N) is 2. The topological polar surface area (TPSA) is 96.3 Å². The van der Waals surface area contributed by atoms with E-state index in [2.05, 4.69) is 15.3 Å². The minimum atomic E-state index is -0.694. The summed E-state index contributed by atoms with van der Waals surface area (Å²) in [5.74, 6) is 0.0826. The maximum atomic E-state index is 14.8. The molecule has 1 aliphatic heterocycles. The van der Waals surface area contributed by atoms with Gasteiger partial charge in [0.2, 0.25) is 5.91 Å². The van der Waals surface area contributed by atoms with Crippen LogP contribution in [-0.4, -0.2) is 53.0 Å². The van der Waals surface area contributed by atoms with Crippen LogP contribution in [0.2, 0.25) is 0 Å². The van der Waals surface area contributed by atoms with Gasteiger partial charge in [0.05, 0.1) is 11.4 Å². The van der Waals surface area contributed by atoms with Gasteiger partial charge in [0.25, 0.3) is 0 Å². The van der Waals surface area contributed by atoms with Crippen LogP contribution in [0.25, 0.3) is 11.0 Å². The van der Waals surface area contributed by atoms with Crippen molar-refractivity contribution in [3.05, 3.63) is 53.6 Å². The molecule has 0 saturated carbocycles. The summed E-state index contributed by atoms with van der Waals surface area (Å²) in [6.45, 7) is 5.13. The number of ether oxygens (including phenoxy) is 1. The minimum Gasteiger partial charge on any atom is -0.453 e. The van der Waals surface area contributed by atoms with Gasteiger partial charge in [-0.05, 0) is 68.6 Å². The van der Waals surface area contributed by atoms with E-state index in [9.17, 15) is 9.18 Å². The first kappa shape index (κ1) is 21.3. The number of hydrogen-bond donors (Lipinski definition) is 3. The molecule has 1 aliphatic rings. The Kier molecular flexibility index (Phi) is 6.48. The zero-order chi connectivity index (χ0) is 21.8. The van der Waals surface area contributed by atoms with Crippen LogP contribution >= 0.6 is 0 Å². The second-order valence-electron chi connectivity index (χ2n) is 7.96. The standard InChI is InChI=1S/C23H28FN5O2/c1-15-14-28-22-21(15)20(6-9-27-22)31-19-5-4-16(12-17(19)24)13-18(25)23(30)29-10-2-7-26-8-3-11-29/h4-6,9,12,14,18,26H,2-3,7-8,10-11,13,25H2,1H3,(H,27,28)/t18-/m0/s1. The van der Waals surface area contributed by atoms with Gasteiger partial charge in [0.1, 0.15) is 11.4 Å². The van der Waals surface area contributed by atoms with E-state index in [1.54, 1.807) is 24.4 Å². The number of carbonyl (C=O) groups is 1. The number of carbonyl (C=O) groups excluding carboxylic acids is 1. The number of hydrogen-bond acceptors (Lipinski definition) is 5. The van der Waals surface area contributed by atoms with Gasteiger partial charge in [0, 0.05) is 25.5 Å². The minimum absolute atomic E-state index is 0.0789. The number of aryl methyl sites for hydroxylation is 1. The van der Waals surface area contributed by atoms with Crippen molar-refractivity contribution in [3.63, 3.8) is 0 Å². The highest BCUT2D eigenvalue weighted by molar-refractivity contribution is 5.86. The predicted octanol–water partition coefficient (Wildman–Crippen LogP) is 2.88. The molecule has 0 bridgehead atoms. The van der Waals surface area contributed by atoms with E-state index >= 15 is 0 Å². The van der Waals surface area contributed by atoms with Crippen LogP contribution in [0.1, 0.15) is 24.0 Å². The first-order valence-corrected chi connectivity index (χ1v) is 10.7. The highest BCUT2D eigenvalue weighted by atomic mass is 19.1. The van der Waals surface area contributed by atoms with Crippen molar-refractivity contribution in [3.8, 4) is 11.5 Å². The number of pyridine rings is 1. The zero-order valence-electron chi connectivity index (χ0n) is 17.7. The van der Waals surface area contributed by atoms with Crippen molar-refractivity contribution in [1.82, 2.24) is 20.2 Å². The van der Waals surface area contributed by atoms with E-state index in [0.29, 0.717) is 30.0 Å². The molecule has 1 fully saturated rings. The first-order chi connectivity index (χ1) is 15.0. The summed E-state index contributed by atoms with van der Waals surface area (Å²) in [7, 11) is 0. The summed E-state index contributed by atoms with van der Waals surface area (Å²) < 4.78 is 20.6. The molecule has 0 unspecified atom stereocenters. The van der Waals surface area contributed by atoms with Gasteiger partial charge in [-0.3, -0.25) is 4.79 Å². The molecule has 0 spiro atoms. The van der Waals surface area contributed by atoms with E-state index in [4.69, 9.17) is 10.5 Å². The number of aromatic amines is 1. The van der Waals surface area contributed by atoms with Crippen LogP contribution in [-0.2, 0) is 11.2 Å². The maximum absolute atomic E-state index is 14.8. The summed E-state index contributed by atoms with van der Waals surface area (Å²) in [6, 6.07) is 5.75. The molecule has 0 aliphatic carbocycles. The van der Waals surface area contributed by atoms with E-state index in [-0.39, 0.29) is 18.1 Å². The molecule has 3 aromatic rings. The Balaban J connectivity index is 1.44. The van der Waals surface area contributed by atoms with Crippen molar-refractivity contribution < 1.29 is 13.9 Å². The third-order valence-electron chi connectivity index (χ3n) is 5.60. The van der Waals surface area contributed by atoms with Gasteiger partial charge in [-0.1, -0.05) is 6.07 Å². The third kappa shape index (κ3) is 4.86. The summed E-state index contributed by atoms with van der Waals surface area (Å²) >= 11 is 0. The number of amides is 1. The highest BCUT2D eigenvalue weighted by Crippen LogP contribution is 2.32. The lowest BCUT2D eigenvalue weighted by molar-refractivity contribution is -0.132. The average Bonchev–Trinajstić information content (AvgIpc) is 3.11. The quantitative estimate of drug-likeness (QED) is 0.584. The number of fused-ring (bicyclic) bond motifs is 1. The summed E-state index contributed by atoms with van der Waals surface area (Å²) in [6.07, 6.45) is 5.54. The molecule has 0 radical (unpaired) electrons. The molecule has 1 atom stereocenters. The third-order valence-corrected chi connectivity index (χ3v) is 5.60. The fourth-order valence-corrected chi connectivity index (χ4v) is 3.96. The monoisotopic (exact) mass is 425 g/mol. The van der Waals surface area contributed by atoms with Crippen LogP contribution in [0.5, 0.6) is 11.5 Å². The Morgan fingerprint density at radius 2 is 2.03 bits per heavy atom. The Morgan fingerprint density at radius 3 is 2.77 bits per heavy atom. The number of H-pyrrole nitrogens is 1. The molecule has 8 heteroatoms. The SMILES string of the molecule is Cc1c[nH]c2nccc(Oc3ccc(C[C@H](N)C(=O)N4CCCNCCC4)cc3F)c12. The Morgan fingerprint density at radius 1 is 1.26 bits per heavy atom. The van der Waals surface area contributed by atoms with Crippen LogP contribution in [0, 0.1) is 12.7 Å². The van der Waals surface area contributed by atoms with Crippen molar-refractivity contribution in [1.29, 1.82) is 0 Å². The number of benzene rings is 1. The molecule has 1 aromatic carbocycles. The predicted molar refractivity (Wildman–Crippen MR) is 118 cm³/mol. The maximum Gasteiger partial charge on any atom is 0.239 e. The lowest BCUT2D eigenvalue weighted by Crippen LogP contribution is -2.47. The Labute approximate surface area is 180 Å². The fourth-order valence-electron chi connectivity index (χ4n) is 3.96. The molecule has 2 aromatic heterocycles. The summed E-state index contributed by atoms with van der Waals surface area (Å²) in [5, 5.41) is 4.15. The molecule has 7 nitrogen and oxygen atoms in total. The van der Waals surface area contributed by atoms with Gasteiger partial charge in [-0.25, -0.2) is 9.37 Å². The van der Waals surface area contributed by atoms with E-state index in [1.165, 1.54) is 6.07 Å².